The van der Waals surface area contributed by atoms with Gasteiger partial charge in [-0.3, -0.25) is 4.79 Å². The minimum Gasteiger partial charge on any atom is -0.299 e. The number of sulfone groups is 1. The van der Waals surface area contributed by atoms with Crippen LogP contribution in [0, 0.1) is 5.92 Å². The highest BCUT2D eigenvalue weighted by Gasteiger charge is 2.32. The summed E-state index contributed by atoms with van der Waals surface area (Å²) >= 11 is 0. The molecule has 0 spiro atoms. The summed E-state index contributed by atoms with van der Waals surface area (Å²) in [6, 6.07) is 0. The van der Waals surface area contributed by atoms with Gasteiger partial charge in [0.2, 0.25) is 0 Å². The first-order valence-electron chi connectivity index (χ1n) is 5.89. The Balaban J connectivity index is 2.19. The third-order valence-electron chi connectivity index (χ3n) is 3.02. The molecule has 1 atom stereocenters. The summed E-state index contributed by atoms with van der Waals surface area (Å²) in [5, 5.41) is 0. The number of hydrogen-bond acceptors (Lipinski definition) is 3. The monoisotopic (exact) mass is 244 g/mol. The van der Waals surface area contributed by atoms with Crippen molar-refractivity contribution in [3.05, 3.63) is 12.7 Å². The highest BCUT2D eigenvalue weighted by Crippen LogP contribution is 2.21. The van der Waals surface area contributed by atoms with Crippen LogP contribution >= 0.6 is 0 Å². The van der Waals surface area contributed by atoms with E-state index in [-0.39, 0.29) is 23.2 Å². The van der Waals surface area contributed by atoms with Crippen LogP contribution in [-0.4, -0.2) is 25.7 Å². The number of unbranched alkanes of at least 4 members (excludes halogenated alkanes) is 3. The van der Waals surface area contributed by atoms with Gasteiger partial charge in [0.15, 0.2) is 9.84 Å². The van der Waals surface area contributed by atoms with Gasteiger partial charge in [-0.2, -0.15) is 0 Å². The second kappa shape index (κ2) is 6.18. The van der Waals surface area contributed by atoms with Crippen LogP contribution in [0.4, 0.5) is 0 Å². The SMILES string of the molecule is C=CCCCCCC(=O)C1CCS(=O)(=O)C1. The van der Waals surface area contributed by atoms with E-state index in [1.54, 1.807) is 0 Å². The zero-order valence-corrected chi connectivity index (χ0v) is 10.5. The normalized spacial score (nSPS) is 23.1. The number of rotatable bonds is 7. The molecule has 0 saturated carbocycles. The van der Waals surface area contributed by atoms with Crippen molar-refractivity contribution >= 4 is 15.6 Å². The molecule has 1 aliphatic heterocycles. The van der Waals surface area contributed by atoms with E-state index in [1.165, 1.54) is 0 Å². The average Bonchev–Trinajstić information content (AvgIpc) is 2.58. The van der Waals surface area contributed by atoms with Gasteiger partial charge in [-0.25, -0.2) is 8.42 Å². The molecule has 0 aliphatic carbocycles. The lowest BCUT2D eigenvalue weighted by molar-refractivity contribution is -0.122. The molecule has 0 amide bonds. The summed E-state index contributed by atoms with van der Waals surface area (Å²) in [6.45, 7) is 3.64. The molecule has 16 heavy (non-hydrogen) atoms. The Morgan fingerprint density at radius 1 is 1.31 bits per heavy atom. The molecule has 92 valence electrons. The van der Waals surface area contributed by atoms with E-state index in [2.05, 4.69) is 6.58 Å². The predicted molar refractivity (Wildman–Crippen MR) is 65.0 cm³/mol. The molecular weight excluding hydrogens is 224 g/mol. The van der Waals surface area contributed by atoms with Crippen LogP contribution in [0.2, 0.25) is 0 Å². The van der Waals surface area contributed by atoms with Gasteiger partial charge in [-0.05, 0) is 25.7 Å². The molecule has 1 unspecified atom stereocenters. The largest absolute Gasteiger partial charge is 0.299 e. The number of hydrogen-bond donors (Lipinski definition) is 0. The maximum Gasteiger partial charge on any atom is 0.151 e. The van der Waals surface area contributed by atoms with E-state index in [0.29, 0.717) is 12.8 Å². The Morgan fingerprint density at radius 2 is 2.06 bits per heavy atom. The van der Waals surface area contributed by atoms with Gasteiger partial charge < -0.3 is 0 Å². The fourth-order valence-electron chi connectivity index (χ4n) is 2.02. The highest BCUT2D eigenvalue weighted by atomic mass is 32.2. The zero-order chi connectivity index (χ0) is 12.0. The van der Waals surface area contributed by atoms with Gasteiger partial charge in [0.25, 0.3) is 0 Å². The Bertz CT molecular complexity index is 343. The lowest BCUT2D eigenvalue weighted by Gasteiger charge is -2.05. The second-order valence-corrected chi connectivity index (χ2v) is 6.68. The molecule has 0 aromatic carbocycles. The molecule has 1 fully saturated rings. The van der Waals surface area contributed by atoms with Crippen molar-refractivity contribution < 1.29 is 13.2 Å². The van der Waals surface area contributed by atoms with Gasteiger partial charge >= 0.3 is 0 Å². The molecule has 0 N–H and O–H groups in total. The van der Waals surface area contributed by atoms with Crippen LogP contribution in [0.15, 0.2) is 12.7 Å². The van der Waals surface area contributed by atoms with Crippen molar-refractivity contribution in [3.8, 4) is 0 Å². The van der Waals surface area contributed by atoms with Gasteiger partial charge in [0.1, 0.15) is 5.78 Å². The first-order valence-corrected chi connectivity index (χ1v) is 7.71. The number of carbonyl (C=O) groups is 1. The highest BCUT2D eigenvalue weighted by molar-refractivity contribution is 7.91. The Morgan fingerprint density at radius 3 is 2.62 bits per heavy atom. The fraction of sp³-hybridized carbons (Fsp3) is 0.750. The maximum atomic E-state index is 11.7. The standard InChI is InChI=1S/C12H20O3S/c1-2-3-4-5-6-7-12(13)11-8-9-16(14,15)10-11/h2,11H,1,3-10H2. The van der Waals surface area contributed by atoms with Crippen molar-refractivity contribution in [1.82, 2.24) is 0 Å². The quantitative estimate of drug-likeness (QED) is 0.509. The van der Waals surface area contributed by atoms with Crippen LogP contribution in [0.5, 0.6) is 0 Å². The molecule has 0 bridgehead atoms. The average molecular weight is 244 g/mol. The fourth-order valence-corrected chi connectivity index (χ4v) is 3.79. The summed E-state index contributed by atoms with van der Waals surface area (Å²) in [5.41, 5.74) is 0. The minimum atomic E-state index is -2.91. The van der Waals surface area contributed by atoms with E-state index in [0.717, 1.165) is 25.7 Å². The number of carbonyl (C=O) groups excluding carboxylic acids is 1. The molecule has 0 aromatic heterocycles. The van der Waals surface area contributed by atoms with Crippen molar-refractivity contribution in [1.29, 1.82) is 0 Å². The summed E-state index contributed by atoms with van der Waals surface area (Å²) in [4.78, 5) is 11.7. The van der Waals surface area contributed by atoms with E-state index in [4.69, 9.17) is 0 Å². The van der Waals surface area contributed by atoms with Crippen LogP contribution in [0.1, 0.15) is 38.5 Å². The smallest absolute Gasteiger partial charge is 0.151 e. The van der Waals surface area contributed by atoms with E-state index < -0.39 is 9.84 Å². The topological polar surface area (TPSA) is 51.2 Å². The van der Waals surface area contributed by atoms with Crippen LogP contribution in [0.3, 0.4) is 0 Å². The summed E-state index contributed by atoms with van der Waals surface area (Å²) in [7, 11) is -2.91. The van der Waals surface area contributed by atoms with E-state index in [9.17, 15) is 13.2 Å². The van der Waals surface area contributed by atoms with E-state index >= 15 is 0 Å². The summed E-state index contributed by atoms with van der Waals surface area (Å²) in [5.74, 6) is 0.197. The van der Waals surface area contributed by atoms with Crippen LogP contribution in [-0.2, 0) is 14.6 Å². The predicted octanol–water partition coefficient (Wildman–Crippen LogP) is 2.13. The van der Waals surface area contributed by atoms with Crippen LogP contribution < -0.4 is 0 Å². The molecule has 3 nitrogen and oxygen atoms in total. The first-order chi connectivity index (χ1) is 7.55. The van der Waals surface area contributed by atoms with Gasteiger partial charge in [0.05, 0.1) is 11.5 Å². The Hall–Kier alpha value is -0.640. The lowest BCUT2D eigenvalue weighted by atomic mass is 9.98. The van der Waals surface area contributed by atoms with Crippen molar-refractivity contribution in [2.24, 2.45) is 5.92 Å². The molecular formula is C12H20O3S. The molecule has 0 aromatic rings. The molecule has 1 rings (SSSR count). The molecule has 1 aliphatic rings. The third kappa shape index (κ3) is 4.47. The Kier molecular flexibility index (Phi) is 5.19. The van der Waals surface area contributed by atoms with Crippen molar-refractivity contribution in [2.45, 2.75) is 38.5 Å². The molecule has 1 heterocycles. The lowest BCUT2D eigenvalue weighted by Crippen LogP contribution is -2.15. The Labute approximate surface area is 97.8 Å². The van der Waals surface area contributed by atoms with Crippen molar-refractivity contribution in [2.75, 3.05) is 11.5 Å². The van der Waals surface area contributed by atoms with Gasteiger partial charge in [-0.15, -0.1) is 6.58 Å². The molecule has 4 heteroatoms. The molecule has 0 radical (unpaired) electrons. The number of Topliss-reactive ketones (excluding diaryl/α,β-unsaturated/α-hetero) is 1. The second-order valence-electron chi connectivity index (χ2n) is 4.45. The minimum absolute atomic E-state index is 0.0818. The zero-order valence-electron chi connectivity index (χ0n) is 9.65. The van der Waals surface area contributed by atoms with E-state index in [1.807, 2.05) is 6.08 Å². The van der Waals surface area contributed by atoms with Gasteiger partial charge in [0, 0.05) is 12.3 Å². The summed E-state index contributed by atoms with van der Waals surface area (Å²) in [6.07, 6.45) is 6.92. The first kappa shape index (κ1) is 13.4. The maximum absolute atomic E-state index is 11.7. The third-order valence-corrected chi connectivity index (χ3v) is 4.79. The number of ketones is 1. The molecule has 1 saturated heterocycles. The summed E-state index contributed by atoms with van der Waals surface area (Å²) < 4.78 is 22.4. The van der Waals surface area contributed by atoms with Crippen LogP contribution in [0.25, 0.3) is 0 Å². The van der Waals surface area contributed by atoms with Gasteiger partial charge in [-0.1, -0.05) is 12.5 Å². The van der Waals surface area contributed by atoms with Crippen molar-refractivity contribution in [3.63, 3.8) is 0 Å². The number of allylic oxidation sites excluding steroid dienone is 1.